The Morgan fingerprint density at radius 3 is 2.94 bits per heavy atom. The molecule has 1 aromatic carbocycles. The lowest BCUT2D eigenvalue weighted by molar-refractivity contribution is 0.629. The zero-order valence-corrected chi connectivity index (χ0v) is 11.0. The zero-order chi connectivity index (χ0) is 12.3. The molecule has 0 atom stereocenters. The molecule has 0 amide bonds. The molecule has 0 bridgehead atoms. The molecule has 0 radical (unpaired) electrons. The number of nitrogens with zero attached hydrogens (tertiary/aromatic N) is 2. The maximum atomic E-state index is 13.5. The minimum absolute atomic E-state index is 0.262. The monoisotopic (exact) mass is 297 g/mol. The van der Waals surface area contributed by atoms with Gasteiger partial charge in [0.2, 0.25) is 0 Å². The van der Waals surface area contributed by atoms with Crippen molar-refractivity contribution in [2.75, 3.05) is 5.32 Å². The summed E-state index contributed by atoms with van der Waals surface area (Å²) < 4.78 is 16.1. The standard InChI is InChI=1S/C12H13BrFN3/c1-2-17-8-9(7-16-17)6-15-12-4-3-10(13)5-11(12)14/h3-5,7-8,15H,2,6H2,1H3. The van der Waals surface area contributed by atoms with Crippen molar-refractivity contribution in [3.63, 3.8) is 0 Å². The summed E-state index contributed by atoms with van der Waals surface area (Å²) in [4.78, 5) is 0. The van der Waals surface area contributed by atoms with Crippen molar-refractivity contribution < 1.29 is 4.39 Å². The molecule has 2 rings (SSSR count). The Hall–Kier alpha value is -1.36. The Morgan fingerprint density at radius 2 is 2.29 bits per heavy atom. The molecular weight excluding hydrogens is 285 g/mol. The van der Waals surface area contributed by atoms with Crippen LogP contribution in [0.15, 0.2) is 35.1 Å². The van der Waals surface area contributed by atoms with Gasteiger partial charge in [0, 0.05) is 29.3 Å². The van der Waals surface area contributed by atoms with Gasteiger partial charge in [0.15, 0.2) is 0 Å². The van der Waals surface area contributed by atoms with Gasteiger partial charge in [0.25, 0.3) is 0 Å². The van der Waals surface area contributed by atoms with Gasteiger partial charge in [-0.15, -0.1) is 0 Å². The van der Waals surface area contributed by atoms with Gasteiger partial charge in [-0.05, 0) is 25.1 Å². The molecular formula is C12H13BrFN3. The van der Waals surface area contributed by atoms with Gasteiger partial charge < -0.3 is 5.32 Å². The Morgan fingerprint density at radius 1 is 1.47 bits per heavy atom. The highest BCUT2D eigenvalue weighted by Crippen LogP contribution is 2.19. The quantitative estimate of drug-likeness (QED) is 0.937. The van der Waals surface area contributed by atoms with Crippen LogP contribution in [0.5, 0.6) is 0 Å². The number of hydrogen-bond donors (Lipinski definition) is 1. The van der Waals surface area contributed by atoms with Gasteiger partial charge in [-0.2, -0.15) is 5.10 Å². The third-order valence-corrected chi connectivity index (χ3v) is 2.92. The number of rotatable bonds is 4. The third kappa shape index (κ3) is 3.06. The molecule has 0 fully saturated rings. The van der Waals surface area contributed by atoms with E-state index in [1.54, 1.807) is 18.3 Å². The van der Waals surface area contributed by atoms with Crippen LogP contribution in [-0.2, 0) is 13.1 Å². The van der Waals surface area contributed by atoms with Crippen molar-refractivity contribution in [2.24, 2.45) is 0 Å². The van der Waals surface area contributed by atoms with Gasteiger partial charge in [0.05, 0.1) is 11.9 Å². The summed E-state index contributed by atoms with van der Waals surface area (Å²) in [5.74, 6) is -0.262. The first-order chi connectivity index (χ1) is 8.19. The molecule has 2 aromatic rings. The molecule has 1 heterocycles. The molecule has 17 heavy (non-hydrogen) atoms. The summed E-state index contributed by atoms with van der Waals surface area (Å²) >= 11 is 3.22. The van der Waals surface area contributed by atoms with Crippen LogP contribution in [0.2, 0.25) is 0 Å². The van der Waals surface area contributed by atoms with E-state index in [1.807, 2.05) is 17.8 Å². The molecule has 0 aliphatic rings. The minimum Gasteiger partial charge on any atom is -0.378 e. The number of aromatic nitrogens is 2. The van der Waals surface area contributed by atoms with E-state index in [0.29, 0.717) is 12.2 Å². The van der Waals surface area contributed by atoms with Crippen LogP contribution in [0.3, 0.4) is 0 Å². The second-order valence-corrected chi connectivity index (χ2v) is 4.60. The Balaban J connectivity index is 2.02. The number of benzene rings is 1. The smallest absolute Gasteiger partial charge is 0.147 e. The first-order valence-electron chi connectivity index (χ1n) is 5.39. The van der Waals surface area contributed by atoms with E-state index in [1.165, 1.54) is 6.07 Å². The lowest BCUT2D eigenvalue weighted by atomic mass is 10.3. The van der Waals surface area contributed by atoms with E-state index in [-0.39, 0.29) is 5.82 Å². The summed E-state index contributed by atoms with van der Waals surface area (Å²) in [6, 6.07) is 4.96. The first-order valence-corrected chi connectivity index (χ1v) is 6.18. The number of aryl methyl sites for hydroxylation is 1. The van der Waals surface area contributed by atoms with Crippen molar-refractivity contribution in [3.05, 3.63) is 46.4 Å². The maximum Gasteiger partial charge on any atom is 0.147 e. The lowest BCUT2D eigenvalue weighted by Gasteiger charge is -2.06. The molecule has 0 aliphatic heterocycles. The molecule has 0 saturated heterocycles. The van der Waals surface area contributed by atoms with Crippen LogP contribution in [0.25, 0.3) is 0 Å². The van der Waals surface area contributed by atoms with E-state index in [0.717, 1.165) is 16.6 Å². The fraction of sp³-hybridized carbons (Fsp3) is 0.250. The number of hydrogen-bond acceptors (Lipinski definition) is 2. The van der Waals surface area contributed by atoms with Gasteiger partial charge >= 0.3 is 0 Å². The van der Waals surface area contributed by atoms with Crippen molar-refractivity contribution >= 4 is 21.6 Å². The highest BCUT2D eigenvalue weighted by Gasteiger charge is 2.03. The number of anilines is 1. The van der Waals surface area contributed by atoms with Crippen molar-refractivity contribution in [2.45, 2.75) is 20.0 Å². The van der Waals surface area contributed by atoms with Gasteiger partial charge in [-0.1, -0.05) is 15.9 Å². The Labute approximate surface area is 108 Å². The highest BCUT2D eigenvalue weighted by atomic mass is 79.9. The molecule has 1 N–H and O–H groups in total. The summed E-state index contributed by atoms with van der Waals surface area (Å²) in [5.41, 5.74) is 1.53. The molecule has 1 aromatic heterocycles. The van der Waals surface area contributed by atoms with Gasteiger partial charge in [-0.3, -0.25) is 4.68 Å². The maximum absolute atomic E-state index is 13.5. The molecule has 0 spiro atoms. The van der Waals surface area contributed by atoms with E-state index in [9.17, 15) is 4.39 Å². The van der Waals surface area contributed by atoms with Gasteiger partial charge in [0.1, 0.15) is 5.82 Å². The van der Waals surface area contributed by atoms with E-state index >= 15 is 0 Å². The largest absolute Gasteiger partial charge is 0.378 e. The van der Waals surface area contributed by atoms with Gasteiger partial charge in [-0.25, -0.2) is 4.39 Å². The van der Waals surface area contributed by atoms with E-state index < -0.39 is 0 Å². The third-order valence-electron chi connectivity index (χ3n) is 2.42. The summed E-state index contributed by atoms with van der Waals surface area (Å²) in [5, 5.41) is 7.20. The fourth-order valence-corrected chi connectivity index (χ4v) is 1.83. The van der Waals surface area contributed by atoms with Crippen molar-refractivity contribution in [1.29, 1.82) is 0 Å². The predicted octanol–water partition coefficient (Wildman–Crippen LogP) is 3.42. The van der Waals surface area contributed by atoms with E-state index in [4.69, 9.17) is 0 Å². The number of nitrogens with one attached hydrogen (secondary N) is 1. The van der Waals surface area contributed by atoms with Crippen LogP contribution in [-0.4, -0.2) is 9.78 Å². The summed E-state index contributed by atoms with van der Waals surface area (Å²) in [6.07, 6.45) is 3.73. The minimum atomic E-state index is -0.262. The topological polar surface area (TPSA) is 29.9 Å². The molecule has 0 aliphatic carbocycles. The van der Waals surface area contributed by atoms with Crippen molar-refractivity contribution in [3.8, 4) is 0 Å². The predicted molar refractivity (Wildman–Crippen MR) is 69.3 cm³/mol. The number of halogens is 2. The SMILES string of the molecule is CCn1cc(CNc2ccc(Br)cc2F)cn1. The highest BCUT2D eigenvalue weighted by molar-refractivity contribution is 9.10. The van der Waals surface area contributed by atoms with Crippen LogP contribution in [0.4, 0.5) is 10.1 Å². The zero-order valence-electron chi connectivity index (χ0n) is 9.45. The van der Waals surface area contributed by atoms with Crippen LogP contribution >= 0.6 is 15.9 Å². The molecule has 3 nitrogen and oxygen atoms in total. The lowest BCUT2D eigenvalue weighted by Crippen LogP contribution is -2.00. The Bertz CT molecular complexity index is 510. The summed E-state index contributed by atoms with van der Waals surface area (Å²) in [6.45, 7) is 3.43. The van der Waals surface area contributed by atoms with Crippen LogP contribution in [0.1, 0.15) is 12.5 Å². The Kier molecular flexibility index (Phi) is 3.78. The normalized spacial score (nSPS) is 10.5. The first kappa shape index (κ1) is 12.1. The van der Waals surface area contributed by atoms with Crippen molar-refractivity contribution in [1.82, 2.24) is 9.78 Å². The summed E-state index contributed by atoms with van der Waals surface area (Å²) in [7, 11) is 0. The van der Waals surface area contributed by atoms with Crippen LogP contribution in [0, 0.1) is 5.82 Å². The fourth-order valence-electron chi connectivity index (χ4n) is 1.50. The molecule has 0 saturated carbocycles. The molecule has 90 valence electrons. The van der Waals surface area contributed by atoms with E-state index in [2.05, 4.69) is 26.3 Å². The average molecular weight is 298 g/mol. The van der Waals surface area contributed by atoms with Crippen LogP contribution < -0.4 is 5.32 Å². The molecule has 5 heteroatoms. The average Bonchev–Trinajstić information content (AvgIpc) is 2.76. The molecule has 0 unspecified atom stereocenters. The second-order valence-electron chi connectivity index (χ2n) is 3.68. The second kappa shape index (κ2) is 5.31.